The van der Waals surface area contributed by atoms with E-state index in [1.54, 1.807) is 7.11 Å². The Hall–Kier alpha value is -1.82. The van der Waals surface area contributed by atoms with Crippen LogP contribution in [0.5, 0.6) is 0 Å². The van der Waals surface area contributed by atoms with Crippen LogP contribution in [0.1, 0.15) is 30.6 Å². The van der Waals surface area contributed by atoms with Gasteiger partial charge in [-0.15, -0.1) is 0 Å². The molecule has 1 aromatic rings. The van der Waals surface area contributed by atoms with Crippen LogP contribution in [0.3, 0.4) is 0 Å². The fourth-order valence-electron chi connectivity index (χ4n) is 2.44. The summed E-state index contributed by atoms with van der Waals surface area (Å²) < 4.78 is 5.38. The third-order valence-electron chi connectivity index (χ3n) is 3.95. The molecule has 0 saturated heterocycles. The van der Waals surface area contributed by atoms with E-state index in [0.717, 1.165) is 6.42 Å². The van der Waals surface area contributed by atoms with E-state index in [-0.39, 0.29) is 28.8 Å². The number of carboxylic acid groups (broad SMARTS) is 1. The summed E-state index contributed by atoms with van der Waals surface area (Å²) in [7, 11) is 1.70. The van der Waals surface area contributed by atoms with Gasteiger partial charge in [-0.2, -0.15) is 0 Å². The number of carboxylic acids is 1. The van der Waals surface area contributed by atoms with Crippen molar-refractivity contribution in [2.75, 3.05) is 18.2 Å². The molecule has 4 N–H and O–H groups in total. The smallest absolute Gasteiger partial charge is 0.337 e. The molecule has 0 amide bonds. The van der Waals surface area contributed by atoms with Gasteiger partial charge >= 0.3 is 5.97 Å². The van der Waals surface area contributed by atoms with Crippen LogP contribution in [0.4, 0.5) is 11.5 Å². The second kappa shape index (κ2) is 4.70. The zero-order valence-corrected chi connectivity index (χ0v) is 11.3. The predicted octanol–water partition coefficient (Wildman–Crippen LogP) is 1.59. The Balaban J connectivity index is 2.13. The highest BCUT2D eigenvalue weighted by Crippen LogP contribution is 2.43. The lowest BCUT2D eigenvalue weighted by Gasteiger charge is -2.51. The Bertz CT molecular complexity index is 502. The van der Waals surface area contributed by atoms with E-state index in [0.29, 0.717) is 5.82 Å². The number of aromatic nitrogens is 1. The minimum atomic E-state index is -1.05. The van der Waals surface area contributed by atoms with Crippen molar-refractivity contribution in [1.82, 2.24) is 4.98 Å². The van der Waals surface area contributed by atoms with Crippen molar-refractivity contribution in [2.45, 2.75) is 32.4 Å². The summed E-state index contributed by atoms with van der Waals surface area (Å²) in [6.45, 7) is 4.22. The van der Waals surface area contributed by atoms with Crippen molar-refractivity contribution >= 4 is 17.5 Å². The van der Waals surface area contributed by atoms with Crippen molar-refractivity contribution < 1.29 is 14.6 Å². The highest BCUT2D eigenvalue weighted by atomic mass is 16.5. The second-order valence-corrected chi connectivity index (χ2v) is 5.44. The third kappa shape index (κ3) is 2.35. The number of hydrogen-bond donors (Lipinski definition) is 3. The highest BCUT2D eigenvalue weighted by molar-refractivity contribution is 5.94. The number of nitrogens with two attached hydrogens (primary N) is 1. The molecular weight excluding hydrogens is 246 g/mol. The first-order chi connectivity index (χ1) is 8.86. The molecule has 2 unspecified atom stereocenters. The number of nitrogens with zero attached hydrogens (tertiary/aromatic N) is 1. The number of nitrogen functional groups attached to an aromatic ring is 1. The molecule has 1 aliphatic rings. The maximum atomic E-state index is 11.0. The van der Waals surface area contributed by atoms with Gasteiger partial charge in [0.25, 0.3) is 0 Å². The molecule has 0 bridgehead atoms. The maximum Gasteiger partial charge on any atom is 0.337 e. The fourth-order valence-corrected chi connectivity index (χ4v) is 2.44. The third-order valence-corrected chi connectivity index (χ3v) is 3.95. The number of carbonyl (C=O) groups is 1. The Morgan fingerprint density at radius 3 is 2.84 bits per heavy atom. The molecule has 1 fully saturated rings. The van der Waals surface area contributed by atoms with Gasteiger partial charge in [-0.1, -0.05) is 13.8 Å². The van der Waals surface area contributed by atoms with Gasteiger partial charge in [-0.3, -0.25) is 0 Å². The van der Waals surface area contributed by atoms with Crippen LogP contribution in [-0.2, 0) is 4.74 Å². The molecule has 6 heteroatoms. The first-order valence-corrected chi connectivity index (χ1v) is 6.14. The number of aromatic carboxylic acids is 1. The minimum absolute atomic E-state index is 0.0127. The average Bonchev–Trinajstić information content (AvgIpc) is 2.35. The molecule has 0 aromatic carbocycles. The standard InChI is InChI=1S/C13H19N3O3/c1-13(2)9(5-10(13)19-3)16-11-4-7(12(17)18)8(14)6-15-11/h4,6,9-10H,5,14H2,1-3H3,(H,15,16)(H,17,18). The largest absolute Gasteiger partial charge is 0.478 e. The van der Waals surface area contributed by atoms with Crippen molar-refractivity contribution in [1.29, 1.82) is 0 Å². The van der Waals surface area contributed by atoms with Crippen LogP contribution >= 0.6 is 0 Å². The lowest BCUT2D eigenvalue weighted by atomic mass is 9.64. The second-order valence-electron chi connectivity index (χ2n) is 5.44. The Morgan fingerprint density at radius 2 is 2.32 bits per heavy atom. The molecule has 104 valence electrons. The topological polar surface area (TPSA) is 97.5 Å². The molecule has 19 heavy (non-hydrogen) atoms. The van der Waals surface area contributed by atoms with Crippen LogP contribution in [0.15, 0.2) is 12.3 Å². The Morgan fingerprint density at radius 1 is 1.63 bits per heavy atom. The van der Waals surface area contributed by atoms with Gasteiger partial charge in [0.1, 0.15) is 5.82 Å². The molecule has 0 aliphatic heterocycles. The normalized spacial score (nSPS) is 24.6. The molecule has 1 saturated carbocycles. The molecule has 1 aromatic heterocycles. The van der Waals surface area contributed by atoms with Crippen molar-refractivity contribution in [3.05, 3.63) is 17.8 Å². The number of methoxy groups -OCH3 is 1. The summed E-state index contributed by atoms with van der Waals surface area (Å²) in [5.41, 5.74) is 5.80. The molecular formula is C13H19N3O3. The van der Waals surface area contributed by atoms with Crippen LogP contribution < -0.4 is 11.1 Å². The summed E-state index contributed by atoms with van der Waals surface area (Å²) in [5.74, 6) is -0.523. The van der Waals surface area contributed by atoms with E-state index >= 15 is 0 Å². The van der Waals surface area contributed by atoms with E-state index in [2.05, 4.69) is 24.1 Å². The predicted molar refractivity (Wildman–Crippen MR) is 72.2 cm³/mol. The fraction of sp³-hybridized carbons (Fsp3) is 0.538. The van der Waals surface area contributed by atoms with Crippen LogP contribution in [0.25, 0.3) is 0 Å². The summed E-state index contributed by atoms with van der Waals surface area (Å²) in [6.07, 6.45) is 2.45. The summed E-state index contributed by atoms with van der Waals surface area (Å²) in [5, 5.41) is 12.3. The van der Waals surface area contributed by atoms with Gasteiger partial charge in [0.2, 0.25) is 0 Å². The van der Waals surface area contributed by atoms with Gasteiger partial charge in [0, 0.05) is 18.6 Å². The van der Waals surface area contributed by atoms with Gasteiger partial charge in [-0.05, 0) is 12.5 Å². The van der Waals surface area contributed by atoms with Crippen LogP contribution in [-0.4, -0.2) is 35.3 Å². The SMILES string of the molecule is COC1CC(Nc2cc(C(=O)O)c(N)cn2)C1(C)C. The number of pyridine rings is 1. The Labute approximate surface area is 112 Å². The summed E-state index contributed by atoms with van der Waals surface area (Å²) in [4.78, 5) is 15.1. The number of nitrogens with one attached hydrogen (secondary N) is 1. The summed E-state index contributed by atoms with van der Waals surface area (Å²) >= 11 is 0. The monoisotopic (exact) mass is 265 g/mol. The van der Waals surface area contributed by atoms with E-state index in [1.807, 2.05) is 0 Å². The zero-order valence-electron chi connectivity index (χ0n) is 11.3. The average molecular weight is 265 g/mol. The number of rotatable bonds is 4. The molecule has 2 atom stereocenters. The highest BCUT2D eigenvalue weighted by Gasteiger charge is 2.48. The minimum Gasteiger partial charge on any atom is -0.478 e. The molecule has 0 radical (unpaired) electrons. The van der Waals surface area contributed by atoms with Crippen molar-refractivity contribution in [3.8, 4) is 0 Å². The van der Waals surface area contributed by atoms with Gasteiger partial charge in [0.05, 0.1) is 23.6 Å². The lowest BCUT2D eigenvalue weighted by Crippen LogP contribution is -2.57. The van der Waals surface area contributed by atoms with Crippen LogP contribution in [0, 0.1) is 5.41 Å². The molecule has 1 heterocycles. The first kappa shape index (κ1) is 13.6. The van der Waals surface area contributed by atoms with Crippen molar-refractivity contribution in [2.24, 2.45) is 5.41 Å². The molecule has 1 aliphatic carbocycles. The molecule has 0 spiro atoms. The van der Waals surface area contributed by atoms with E-state index < -0.39 is 5.97 Å². The van der Waals surface area contributed by atoms with E-state index in [1.165, 1.54) is 12.3 Å². The Kier molecular flexibility index (Phi) is 3.36. The number of ether oxygens (including phenoxy) is 1. The quantitative estimate of drug-likeness (QED) is 0.764. The lowest BCUT2D eigenvalue weighted by molar-refractivity contribution is -0.0795. The zero-order chi connectivity index (χ0) is 14.2. The number of hydrogen-bond acceptors (Lipinski definition) is 5. The maximum absolute atomic E-state index is 11.0. The molecule has 6 nitrogen and oxygen atoms in total. The van der Waals surface area contributed by atoms with Crippen molar-refractivity contribution in [3.63, 3.8) is 0 Å². The van der Waals surface area contributed by atoms with E-state index in [9.17, 15) is 4.79 Å². The summed E-state index contributed by atoms with van der Waals surface area (Å²) in [6, 6.07) is 1.67. The first-order valence-electron chi connectivity index (χ1n) is 6.14. The van der Waals surface area contributed by atoms with Gasteiger partial charge < -0.3 is 20.9 Å². The molecule has 2 rings (SSSR count). The van der Waals surface area contributed by atoms with Crippen LogP contribution in [0.2, 0.25) is 0 Å². The number of anilines is 2. The van der Waals surface area contributed by atoms with Gasteiger partial charge in [0.15, 0.2) is 0 Å². The van der Waals surface area contributed by atoms with Gasteiger partial charge in [-0.25, -0.2) is 9.78 Å². The van der Waals surface area contributed by atoms with E-state index in [4.69, 9.17) is 15.6 Å².